The van der Waals surface area contributed by atoms with E-state index in [2.05, 4.69) is 61.5 Å². The highest BCUT2D eigenvalue weighted by Gasteiger charge is 2.48. The van der Waals surface area contributed by atoms with E-state index in [9.17, 15) is 9.59 Å². The first-order valence-corrected chi connectivity index (χ1v) is 21.1. The summed E-state index contributed by atoms with van der Waals surface area (Å²) < 4.78 is 23.6. The smallest absolute Gasteiger partial charge is 0.166 e. The fraction of sp³-hybridized carbons (Fsp3) is 0.327. The van der Waals surface area contributed by atoms with E-state index in [-0.39, 0.29) is 46.3 Å². The number of rotatable bonds is 5. The Morgan fingerprint density at radius 3 is 1.93 bits per heavy atom. The molecule has 2 N–H and O–H groups in total. The molecule has 4 aliphatic heterocycles. The predicted molar refractivity (Wildman–Crippen MR) is 242 cm³/mol. The number of pyridine rings is 1. The zero-order valence-corrected chi connectivity index (χ0v) is 36.3. The van der Waals surface area contributed by atoms with E-state index in [4.69, 9.17) is 18.9 Å². The molecule has 4 unspecified atom stereocenters. The molecule has 0 bridgehead atoms. The first-order chi connectivity index (χ1) is 29.3. The van der Waals surface area contributed by atoms with Crippen molar-refractivity contribution in [2.24, 2.45) is 11.8 Å². The summed E-state index contributed by atoms with van der Waals surface area (Å²) in [5, 5.41) is 8.58. The molecule has 61 heavy (non-hydrogen) atoms. The van der Waals surface area contributed by atoms with Crippen LogP contribution in [0, 0.1) is 11.8 Å². The van der Waals surface area contributed by atoms with E-state index in [1.54, 1.807) is 21.0 Å². The maximum absolute atomic E-state index is 11.8. The molecule has 0 aliphatic carbocycles. The van der Waals surface area contributed by atoms with Gasteiger partial charge in [0.15, 0.2) is 23.1 Å². The summed E-state index contributed by atoms with van der Waals surface area (Å²) in [7, 11) is 1.69. The number of anilines is 2. The molecule has 314 valence electrons. The minimum absolute atomic E-state index is 0.0904. The van der Waals surface area contributed by atoms with Crippen molar-refractivity contribution in [1.29, 1.82) is 0 Å². The van der Waals surface area contributed by atoms with E-state index in [1.807, 2.05) is 104 Å². The van der Waals surface area contributed by atoms with Crippen LogP contribution in [0.4, 0.5) is 11.4 Å². The Kier molecular flexibility index (Phi) is 11.3. The molecule has 10 rings (SSSR count). The van der Waals surface area contributed by atoms with Crippen LogP contribution in [0.1, 0.15) is 104 Å². The quantitative estimate of drug-likeness (QED) is 0.164. The van der Waals surface area contributed by atoms with E-state index in [0.29, 0.717) is 19.8 Å². The number of hydrogen-bond acceptors (Lipinski definition) is 9. The van der Waals surface area contributed by atoms with Crippen LogP contribution in [0.15, 0.2) is 115 Å². The molecule has 0 saturated carbocycles. The molecule has 4 aliphatic rings. The lowest BCUT2D eigenvalue weighted by Crippen LogP contribution is -2.46. The van der Waals surface area contributed by atoms with Crippen LogP contribution in [-0.2, 0) is 10.8 Å². The van der Waals surface area contributed by atoms with Crippen LogP contribution >= 0.6 is 0 Å². The molecule has 0 saturated heterocycles. The van der Waals surface area contributed by atoms with Crippen LogP contribution in [-0.4, -0.2) is 43.5 Å². The molecular weight excluding hydrogens is 763 g/mol. The summed E-state index contributed by atoms with van der Waals surface area (Å²) in [6.45, 7) is 16.0. The Balaban J connectivity index is 0.000000138. The van der Waals surface area contributed by atoms with Gasteiger partial charge in [0.1, 0.15) is 11.5 Å². The molecular formula is C52H55N3O6. The number of nitrogens with one attached hydrogen (secondary N) is 2. The highest BCUT2D eigenvalue weighted by atomic mass is 16.5. The molecule has 9 nitrogen and oxygen atoms in total. The second-order valence-electron chi connectivity index (χ2n) is 17.3. The number of ether oxygens (including phenoxy) is 4. The van der Waals surface area contributed by atoms with Crippen LogP contribution < -0.4 is 29.6 Å². The van der Waals surface area contributed by atoms with Crippen molar-refractivity contribution >= 4 is 33.8 Å². The minimum atomic E-state index is -0.130. The lowest BCUT2D eigenvalue weighted by atomic mass is 9.65. The van der Waals surface area contributed by atoms with Crippen molar-refractivity contribution in [2.45, 2.75) is 71.4 Å². The first kappa shape index (κ1) is 41.4. The van der Waals surface area contributed by atoms with Crippen molar-refractivity contribution in [3.8, 4) is 23.0 Å². The van der Waals surface area contributed by atoms with Gasteiger partial charge in [-0.25, -0.2) is 0 Å². The number of ketones is 2. The average Bonchev–Trinajstić information content (AvgIpc) is 3.26. The molecule has 0 spiro atoms. The summed E-state index contributed by atoms with van der Waals surface area (Å²) >= 11 is 0. The Morgan fingerprint density at radius 2 is 1.30 bits per heavy atom. The number of para-hydroxylation sites is 2. The van der Waals surface area contributed by atoms with Gasteiger partial charge in [0.05, 0.1) is 50.1 Å². The predicted octanol–water partition coefficient (Wildman–Crippen LogP) is 11.3. The number of fused-ring (bicyclic) bond motifs is 9. The van der Waals surface area contributed by atoms with Gasteiger partial charge in [-0.2, -0.15) is 0 Å². The third-order valence-electron chi connectivity index (χ3n) is 13.1. The topological polar surface area (TPSA) is 108 Å². The van der Waals surface area contributed by atoms with Gasteiger partial charge in [0.25, 0.3) is 0 Å². The van der Waals surface area contributed by atoms with Gasteiger partial charge < -0.3 is 29.6 Å². The molecule has 9 heteroatoms. The zero-order valence-electron chi connectivity index (χ0n) is 36.3. The van der Waals surface area contributed by atoms with Crippen LogP contribution in [0.2, 0.25) is 0 Å². The van der Waals surface area contributed by atoms with Gasteiger partial charge in [0, 0.05) is 62.3 Å². The van der Waals surface area contributed by atoms with Gasteiger partial charge in [0.2, 0.25) is 0 Å². The van der Waals surface area contributed by atoms with Crippen molar-refractivity contribution in [1.82, 2.24) is 4.98 Å². The molecule has 0 amide bonds. The third-order valence-corrected chi connectivity index (χ3v) is 13.1. The fourth-order valence-corrected chi connectivity index (χ4v) is 9.49. The fourth-order valence-electron chi connectivity index (χ4n) is 9.49. The third kappa shape index (κ3) is 7.66. The molecule has 5 aromatic carbocycles. The maximum Gasteiger partial charge on any atom is 0.166 e. The summed E-state index contributed by atoms with van der Waals surface area (Å²) in [5.41, 5.74) is 9.07. The van der Waals surface area contributed by atoms with Gasteiger partial charge >= 0.3 is 0 Å². The highest BCUT2D eigenvalue weighted by Crippen LogP contribution is 2.55. The summed E-state index contributed by atoms with van der Waals surface area (Å²) in [5.74, 6) is 4.08. The van der Waals surface area contributed by atoms with Crippen molar-refractivity contribution < 1.29 is 28.5 Å². The second kappa shape index (κ2) is 16.6. The lowest BCUT2D eigenvalue weighted by Gasteiger charge is -2.48. The standard InChI is InChI=1S/C22H25NO3.C21H23NO3.C9H7N/c1-5-25-19-8-6-7-15-20-17(12-26-21(15)19)22(3,4)16-11-14(13(2)24)9-10-18(16)23-20;1-12(23)13-8-9-16-14(10-13)21(2,3)15-11-25-18-7-5-6-17(24-4)19(18)20(15)22-16;1-2-6-9-8(4-1)5-3-7-10-9/h6-11,17,20,23H,5,12H2,1-4H3;5-10,15,20,22H,11H2,1-4H3;1-7H. The molecule has 4 atom stereocenters. The zero-order chi connectivity index (χ0) is 43.1. The maximum atomic E-state index is 11.8. The van der Waals surface area contributed by atoms with Gasteiger partial charge in [-0.05, 0) is 98.6 Å². The normalized spacial score (nSPS) is 20.3. The van der Waals surface area contributed by atoms with Crippen molar-refractivity contribution in [2.75, 3.05) is 37.6 Å². The van der Waals surface area contributed by atoms with Gasteiger partial charge in [-0.3, -0.25) is 14.6 Å². The Hall–Kier alpha value is -6.35. The summed E-state index contributed by atoms with van der Waals surface area (Å²) in [6, 6.07) is 36.3. The largest absolute Gasteiger partial charge is 0.496 e. The van der Waals surface area contributed by atoms with Crippen LogP contribution in [0.25, 0.3) is 10.9 Å². The Bertz CT molecular complexity index is 2540. The first-order valence-electron chi connectivity index (χ1n) is 21.1. The number of aromatic nitrogens is 1. The summed E-state index contributed by atoms with van der Waals surface area (Å²) in [6.07, 6.45) is 1.81. The Morgan fingerprint density at radius 1 is 0.705 bits per heavy atom. The Labute approximate surface area is 358 Å². The number of methoxy groups -OCH3 is 1. The number of nitrogens with zero attached hydrogens (tertiary/aromatic N) is 1. The number of hydrogen-bond donors (Lipinski definition) is 2. The van der Waals surface area contributed by atoms with Crippen LogP contribution in [0.5, 0.6) is 23.0 Å². The SMILES string of the molecule is CCOc1cccc2c1OCC1C2Nc2ccc(C(C)=O)cc2C1(C)C.COc1cccc2c1C1Nc3ccc(C(C)=O)cc3C(C)(C)C1CO2.c1ccc2ncccc2c1. The van der Waals surface area contributed by atoms with E-state index >= 15 is 0 Å². The number of carbonyl (C=O) groups is 2. The number of benzene rings is 5. The van der Waals surface area contributed by atoms with Crippen LogP contribution in [0.3, 0.4) is 0 Å². The molecule has 1 aromatic heterocycles. The van der Waals surface area contributed by atoms with Gasteiger partial charge in [-0.15, -0.1) is 0 Å². The van der Waals surface area contributed by atoms with E-state index < -0.39 is 0 Å². The van der Waals surface area contributed by atoms with E-state index in [0.717, 1.165) is 62.1 Å². The van der Waals surface area contributed by atoms with Gasteiger partial charge in [-0.1, -0.05) is 70.2 Å². The lowest BCUT2D eigenvalue weighted by molar-refractivity contribution is 0.100. The molecule has 6 aromatic rings. The van der Waals surface area contributed by atoms with Crippen molar-refractivity contribution in [3.05, 3.63) is 149 Å². The number of Topliss-reactive ketones (excluding diaryl/α,β-unsaturated/α-hetero) is 2. The average molecular weight is 818 g/mol. The number of carbonyl (C=O) groups excluding carboxylic acids is 2. The molecule has 5 heterocycles. The molecule has 0 radical (unpaired) electrons. The van der Waals surface area contributed by atoms with E-state index in [1.165, 1.54) is 16.5 Å². The highest BCUT2D eigenvalue weighted by molar-refractivity contribution is 5.95. The second-order valence-corrected chi connectivity index (χ2v) is 17.3. The summed E-state index contributed by atoms with van der Waals surface area (Å²) in [4.78, 5) is 27.8. The molecule has 0 fully saturated rings. The monoisotopic (exact) mass is 817 g/mol. The van der Waals surface area contributed by atoms with Crippen molar-refractivity contribution in [3.63, 3.8) is 0 Å². The minimum Gasteiger partial charge on any atom is -0.496 e.